The van der Waals surface area contributed by atoms with E-state index in [1.807, 2.05) is 18.2 Å². The van der Waals surface area contributed by atoms with Crippen molar-refractivity contribution in [1.82, 2.24) is 5.06 Å². The van der Waals surface area contributed by atoms with E-state index in [2.05, 4.69) is 0 Å². The molecule has 1 saturated carbocycles. The van der Waals surface area contributed by atoms with Crippen molar-refractivity contribution in [3.63, 3.8) is 0 Å². The van der Waals surface area contributed by atoms with E-state index in [4.69, 9.17) is 23.8 Å². The summed E-state index contributed by atoms with van der Waals surface area (Å²) in [6.07, 6.45) is 2.71. The van der Waals surface area contributed by atoms with Gasteiger partial charge >= 0.3 is 0 Å². The number of carbonyl (C=O) groups is 1. The van der Waals surface area contributed by atoms with Crippen LogP contribution in [0.4, 0.5) is 0 Å². The number of hydrogen-bond acceptors (Lipinski definition) is 6. The zero-order valence-corrected chi connectivity index (χ0v) is 15.3. The van der Waals surface area contributed by atoms with E-state index < -0.39 is 0 Å². The molecule has 2 rings (SSSR count). The summed E-state index contributed by atoms with van der Waals surface area (Å²) in [6.45, 7) is 0.311. The Morgan fingerprint density at radius 3 is 2.52 bits per heavy atom. The molecule has 1 aromatic rings. The Balaban J connectivity index is 2.30. The lowest BCUT2D eigenvalue weighted by Gasteiger charge is -2.25. The molecule has 25 heavy (non-hydrogen) atoms. The summed E-state index contributed by atoms with van der Waals surface area (Å²) in [5.74, 6) is 1.26. The molecule has 7 heteroatoms. The number of hydrogen-bond donors (Lipinski definition) is 0. The first-order valence-corrected chi connectivity index (χ1v) is 8.31. The predicted octanol–water partition coefficient (Wildman–Crippen LogP) is 2.56. The van der Waals surface area contributed by atoms with E-state index in [1.165, 1.54) is 12.2 Å². The molecule has 0 heterocycles. The third-order valence-electron chi connectivity index (χ3n) is 4.47. The number of benzene rings is 1. The van der Waals surface area contributed by atoms with E-state index in [0.29, 0.717) is 11.5 Å². The minimum absolute atomic E-state index is 0.0223. The van der Waals surface area contributed by atoms with Gasteiger partial charge in [-0.2, -0.15) is 0 Å². The van der Waals surface area contributed by atoms with Gasteiger partial charge in [0.25, 0.3) is 0 Å². The van der Waals surface area contributed by atoms with Crippen molar-refractivity contribution in [1.29, 1.82) is 0 Å². The van der Waals surface area contributed by atoms with Crippen molar-refractivity contribution >= 4 is 5.91 Å². The van der Waals surface area contributed by atoms with Crippen LogP contribution in [0.1, 0.15) is 30.7 Å². The molecule has 7 nitrogen and oxygen atoms in total. The molecule has 0 N–H and O–H groups in total. The topological polar surface area (TPSA) is 66.5 Å². The molecule has 0 unspecified atom stereocenters. The molecule has 140 valence electrons. The number of ether oxygens (including phenoxy) is 4. The highest BCUT2D eigenvalue weighted by Gasteiger charge is 2.37. The molecule has 0 aliphatic heterocycles. The summed E-state index contributed by atoms with van der Waals surface area (Å²) in [4.78, 5) is 17.7. The van der Waals surface area contributed by atoms with Gasteiger partial charge < -0.3 is 18.9 Å². The summed E-state index contributed by atoms with van der Waals surface area (Å²) in [7, 11) is 6.28. The molecule has 1 amide bonds. The van der Waals surface area contributed by atoms with Crippen LogP contribution in [0, 0.1) is 5.92 Å². The van der Waals surface area contributed by atoms with Gasteiger partial charge in [-0.05, 0) is 37.0 Å². The standard InChI is InChI=1S/C18H27NO6/c1-19(23-4)18(20)15-7-5-6-14(15)16-10-13(24-11-21-2)8-9-17(16)25-12-22-3/h8-10,14-15H,5-7,11-12H2,1-4H3/t14-,15+/m0/s1. The Kier molecular flexibility index (Phi) is 7.49. The van der Waals surface area contributed by atoms with E-state index in [0.717, 1.165) is 24.8 Å². The molecule has 1 aliphatic rings. The highest BCUT2D eigenvalue weighted by Crippen LogP contribution is 2.45. The van der Waals surface area contributed by atoms with Gasteiger partial charge in [-0.25, -0.2) is 5.06 Å². The fourth-order valence-electron chi connectivity index (χ4n) is 3.24. The molecule has 2 atom stereocenters. The zero-order valence-electron chi connectivity index (χ0n) is 15.3. The summed E-state index contributed by atoms with van der Waals surface area (Å²) >= 11 is 0. The van der Waals surface area contributed by atoms with Crippen molar-refractivity contribution in [2.75, 3.05) is 42.0 Å². The van der Waals surface area contributed by atoms with Crippen LogP contribution in [0.15, 0.2) is 18.2 Å². The number of nitrogens with zero attached hydrogens (tertiary/aromatic N) is 1. The summed E-state index contributed by atoms with van der Waals surface area (Å²) in [6, 6.07) is 5.59. The highest BCUT2D eigenvalue weighted by molar-refractivity contribution is 5.79. The molecule has 1 aliphatic carbocycles. The number of hydroxylamine groups is 2. The molecule has 0 bridgehead atoms. The van der Waals surface area contributed by atoms with Gasteiger partial charge in [-0.15, -0.1) is 0 Å². The van der Waals surface area contributed by atoms with Gasteiger partial charge in [0.15, 0.2) is 13.6 Å². The first-order chi connectivity index (χ1) is 12.1. The third-order valence-corrected chi connectivity index (χ3v) is 4.47. The van der Waals surface area contributed by atoms with Gasteiger partial charge in [0.05, 0.1) is 7.11 Å². The second-order valence-corrected chi connectivity index (χ2v) is 5.96. The molecule has 0 saturated heterocycles. The van der Waals surface area contributed by atoms with Crippen molar-refractivity contribution in [2.24, 2.45) is 5.92 Å². The molecular weight excluding hydrogens is 326 g/mol. The fourth-order valence-corrected chi connectivity index (χ4v) is 3.24. The van der Waals surface area contributed by atoms with Crippen LogP contribution in [0.2, 0.25) is 0 Å². The van der Waals surface area contributed by atoms with Gasteiger partial charge in [-0.3, -0.25) is 9.63 Å². The van der Waals surface area contributed by atoms with Gasteiger partial charge in [-0.1, -0.05) is 6.42 Å². The molecule has 1 fully saturated rings. The maximum Gasteiger partial charge on any atom is 0.249 e. The average Bonchev–Trinajstić information content (AvgIpc) is 3.13. The monoisotopic (exact) mass is 353 g/mol. The lowest BCUT2D eigenvalue weighted by Crippen LogP contribution is -2.33. The Morgan fingerprint density at radius 1 is 1.12 bits per heavy atom. The molecule has 0 radical (unpaired) electrons. The minimum atomic E-state index is -0.146. The lowest BCUT2D eigenvalue weighted by molar-refractivity contribution is -0.173. The summed E-state index contributed by atoms with van der Waals surface area (Å²) in [5, 5.41) is 1.30. The van der Waals surface area contributed by atoms with Crippen LogP contribution >= 0.6 is 0 Å². The summed E-state index contributed by atoms with van der Waals surface area (Å²) < 4.78 is 21.2. The second kappa shape index (κ2) is 9.60. The van der Waals surface area contributed by atoms with E-state index >= 15 is 0 Å². The minimum Gasteiger partial charge on any atom is -0.468 e. The van der Waals surface area contributed by atoms with E-state index in [-0.39, 0.29) is 31.3 Å². The zero-order chi connectivity index (χ0) is 18.2. The Hall–Kier alpha value is -1.83. The molecular formula is C18H27NO6. The Bertz CT molecular complexity index is 564. The van der Waals surface area contributed by atoms with Gasteiger partial charge in [0.2, 0.25) is 5.91 Å². The second-order valence-electron chi connectivity index (χ2n) is 5.96. The molecule has 0 spiro atoms. The molecule has 1 aromatic carbocycles. The maximum atomic E-state index is 12.6. The normalized spacial score (nSPS) is 19.7. The number of carbonyl (C=O) groups excluding carboxylic acids is 1. The van der Waals surface area contributed by atoms with Crippen molar-refractivity contribution in [3.8, 4) is 11.5 Å². The first kappa shape index (κ1) is 19.5. The van der Waals surface area contributed by atoms with E-state index in [1.54, 1.807) is 21.3 Å². The fraction of sp³-hybridized carbons (Fsp3) is 0.611. The first-order valence-electron chi connectivity index (χ1n) is 8.31. The van der Waals surface area contributed by atoms with Crippen LogP contribution in [-0.2, 0) is 19.1 Å². The molecule has 0 aromatic heterocycles. The smallest absolute Gasteiger partial charge is 0.249 e. The number of amides is 1. The third kappa shape index (κ3) is 4.84. The van der Waals surface area contributed by atoms with Crippen molar-refractivity contribution in [3.05, 3.63) is 23.8 Å². The Morgan fingerprint density at radius 2 is 1.84 bits per heavy atom. The Labute approximate surface area is 148 Å². The van der Waals surface area contributed by atoms with Crippen LogP contribution in [0.3, 0.4) is 0 Å². The largest absolute Gasteiger partial charge is 0.468 e. The van der Waals surface area contributed by atoms with Gasteiger partial charge in [0.1, 0.15) is 11.5 Å². The van der Waals surface area contributed by atoms with Crippen LogP contribution < -0.4 is 9.47 Å². The lowest BCUT2D eigenvalue weighted by atomic mass is 9.87. The average molecular weight is 353 g/mol. The number of methoxy groups -OCH3 is 2. The summed E-state index contributed by atoms with van der Waals surface area (Å²) in [5.41, 5.74) is 0.950. The van der Waals surface area contributed by atoms with Crippen LogP contribution in [-0.4, -0.2) is 52.9 Å². The SMILES string of the molecule is COCOc1ccc(OCOC)c([C@H]2CCC[C@H]2C(=O)N(C)OC)c1. The van der Waals surface area contributed by atoms with Crippen molar-refractivity contribution in [2.45, 2.75) is 25.2 Å². The van der Waals surface area contributed by atoms with Crippen LogP contribution in [0.5, 0.6) is 11.5 Å². The maximum absolute atomic E-state index is 12.6. The quantitative estimate of drug-likeness (QED) is 0.502. The highest BCUT2D eigenvalue weighted by atomic mass is 16.7. The van der Waals surface area contributed by atoms with Gasteiger partial charge in [0, 0.05) is 32.7 Å². The van der Waals surface area contributed by atoms with E-state index in [9.17, 15) is 4.79 Å². The van der Waals surface area contributed by atoms with Crippen molar-refractivity contribution < 1.29 is 28.6 Å². The predicted molar refractivity (Wildman–Crippen MR) is 91.3 cm³/mol. The van der Waals surface area contributed by atoms with Crippen LogP contribution in [0.25, 0.3) is 0 Å². The number of rotatable bonds is 9.